The van der Waals surface area contributed by atoms with Crippen molar-refractivity contribution in [3.63, 3.8) is 0 Å². The smallest absolute Gasteiger partial charge is 0.142 e. The molecule has 0 radical (unpaired) electrons. The summed E-state index contributed by atoms with van der Waals surface area (Å²) < 4.78 is 1.12. The highest BCUT2D eigenvalue weighted by Gasteiger charge is 2.21. The molecule has 0 aromatic carbocycles. The molecular weight excluding hydrogens is 284 g/mol. The number of hydrogen-bond donors (Lipinski definition) is 0. The largest absolute Gasteiger partial charge is 0.354 e. The lowest BCUT2D eigenvalue weighted by Gasteiger charge is -2.33. The quantitative estimate of drug-likeness (QED) is 0.832. The van der Waals surface area contributed by atoms with Crippen LogP contribution in [0.5, 0.6) is 0 Å². The van der Waals surface area contributed by atoms with E-state index in [1.165, 1.54) is 17.7 Å². The second-order valence-corrected chi connectivity index (χ2v) is 6.43. The maximum atomic E-state index is 4.54. The molecule has 2 nitrogen and oxygen atoms in total. The Morgan fingerprint density at radius 2 is 2.44 bits per heavy atom. The van der Waals surface area contributed by atoms with Crippen LogP contribution in [0.15, 0.2) is 16.7 Å². The molecule has 1 aromatic heterocycles. The van der Waals surface area contributed by atoms with E-state index in [-0.39, 0.29) is 0 Å². The van der Waals surface area contributed by atoms with Crippen LogP contribution in [-0.4, -0.2) is 29.1 Å². The molecule has 88 valence electrons. The second-order valence-electron chi connectivity index (χ2n) is 4.17. The molecule has 0 saturated carbocycles. The SMILES string of the molecule is CCC1CN(c2ncc(C)cc2Br)CCS1. The van der Waals surface area contributed by atoms with Crippen LogP contribution in [0, 0.1) is 6.92 Å². The molecule has 0 spiro atoms. The van der Waals surface area contributed by atoms with Crippen molar-refractivity contribution in [3.05, 3.63) is 22.3 Å². The van der Waals surface area contributed by atoms with Gasteiger partial charge in [0, 0.05) is 30.3 Å². The first kappa shape index (κ1) is 12.2. The van der Waals surface area contributed by atoms with Gasteiger partial charge in [0.05, 0.1) is 4.47 Å². The molecule has 2 rings (SSSR count). The van der Waals surface area contributed by atoms with Crippen molar-refractivity contribution in [3.8, 4) is 0 Å². The molecule has 16 heavy (non-hydrogen) atoms. The number of halogens is 1. The molecule has 1 atom stereocenters. The monoisotopic (exact) mass is 300 g/mol. The normalized spacial score (nSPS) is 21.2. The molecule has 1 fully saturated rings. The van der Waals surface area contributed by atoms with Crippen molar-refractivity contribution in [2.45, 2.75) is 25.5 Å². The summed E-state index contributed by atoms with van der Waals surface area (Å²) in [6.45, 7) is 6.56. The van der Waals surface area contributed by atoms with Gasteiger partial charge in [0.1, 0.15) is 5.82 Å². The van der Waals surface area contributed by atoms with Crippen molar-refractivity contribution in [1.29, 1.82) is 0 Å². The van der Waals surface area contributed by atoms with E-state index in [0.29, 0.717) is 0 Å². The molecule has 1 saturated heterocycles. The van der Waals surface area contributed by atoms with Crippen LogP contribution in [0.3, 0.4) is 0 Å². The highest BCUT2D eigenvalue weighted by Crippen LogP contribution is 2.29. The molecule has 0 aliphatic carbocycles. The van der Waals surface area contributed by atoms with Gasteiger partial charge >= 0.3 is 0 Å². The van der Waals surface area contributed by atoms with Crippen LogP contribution in [-0.2, 0) is 0 Å². The van der Waals surface area contributed by atoms with Gasteiger partial charge in [0.2, 0.25) is 0 Å². The summed E-state index contributed by atoms with van der Waals surface area (Å²) in [7, 11) is 0. The molecule has 0 amide bonds. The number of pyridine rings is 1. The fourth-order valence-corrected chi connectivity index (χ4v) is 3.81. The standard InChI is InChI=1S/C12H17BrN2S/c1-3-10-8-15(4-5-16-10)12-11(13)6-9(2)7-14-12/h6-7,10H,3-5,8H2,1-2H3. The Morgan fingerprint density at radius 3 is 3.12 bits per heavy atom. The molecule has 0 N–H and O–H groups in total. The van der Waals surface area contributed by atoms with Crippen LogP contribution < -0.4 is 4.90 Å². The molecule has 1 aliphatic heterocycles. The topological polar surface area (TPSA) is 16.1 Å². The first-order valence-electron chi connectivity index (χ1n) is 5.69. The number of thioether (sulfide) groups is 1. The fourth-order valence-electron chi connectivity index (χ4n) is 1.92. The Morgan fingerprint density at radius 1 is 1.62 bits per heavy atom. The molecular formula is C12H17BrN2S. The van der Waals surface area contributed by atoms with E-state index in [4.69, 9.17) is 0 Å². The predicted molar refractivity (Wildman–Crippen MR) is 75.4 cm³/mol. The highest BCUT2D eigenvalue weighted by molar-refractivity contribution is 9.10. The van der Waals surface area contributed by atoms with Crippen molar-refractivity contribution >= 4 is 33.5 Å². The van der Waals surface area contributed by atoms with Crippen molar-refractivity contribution in [2.75, 3.05) is 23.7 Å². The summed E-state index contributed by atoms with van der Waals surface area (Å²) in [5.74, 6) is 2.31. The first-order chi connectivity index (χ1) is 7.70. The van der Waals surface area contributed by atoms with Crippen LogP contribution in [0.25, 0.3) is 0 Å². The maximum absolute atomic E-state index is 4.54. The minimum atomic E-state index is 0.753. The van der Waals surface area contributed by atoms with E-state index in [0.717, 1.165) is 28.6 Å². The van der Waals surface area contributed by atoms with Crippen LogP contribution in [0.1, 0.15) is 18.9 Å². The Bertz CT molecular complexity index is 370. The van der Waals surface area contributed by atoms with E-state index in [2.05, 4.69) is 57.5 Å². The number of aromatic nitrogens is 1. The van der Waals surface area contributed by atoms with E-state index in [1.54, 1.807) is 0 Å². The van der Waals surface area contributed by atoms with Gasteiger partial charge in [-0.05, 0) is 40.9 Å². The van der Waals surface area contributed by atoms with Gasteiger partial charge in [-0.3, -0.25) is 0 Å². The summed E-state index contributed by atoms with van der Waals surface area (Å²) in [6.07, 6.45) is 3.19. The Labute approximate surface area is 110 Å². The average Bonchev–Trinajstić information content (AvgIpc) is 2.29. The van der Waals surface area contributed by atoms with Gasteiger partial charge in [-0.1, -0.05) is 6.92 Å². The third-order valence-electron chi connectivity index (χ3n) is 2.85. The van der Waals surface area contributed by atoms with E-state index in [9.17, 15) is 0 Å². The van der Waals surface area contributed by atoms with Gasteiger partial charge in [-0.2, -0.15) is 11.8 Å². The number of rotatable bonds is 2. The summed E-state index contributed by atoms with van der Waals surface area (Å²) in [4.78, 5) is 6.94. The van der Waals surface area contributed by atoms with E-state index < -0.39 is 0 Å². The third kappa shape index (κ3) is 2.72. The van der Waals surface area contributed by atoms with Crippen molar-refractivity contribution in [1.82, 2.24) is 4.98 Å². The van der Waals surface area contributed by atoms with Gasteiger partial charge in [-0.15, -0.1) is 0 Å². The Hall–Kier alpha value is -0.220. The minimum absolute atomic E-state index is 0.753. The molecule has 1 unspecified atom stereocenters. The molecule has 0 bridgehead atoms. The van der Waals surface area contributed by atoms with Gasteiger partial charge < -0.3 is 4.90 Å². The highest BCUT2D eigenvalue weighted by atomic mass is 79.9. The molecule has 4 heteroatoms. The minimum Gasteiger partial charge on any atom is -0.354 e. The zero-order chi connectivity index (χ0) is 11.5. The molecule has 2 heterocycles. The van der Waals surface area contributed by atoms with Crippen molar-refractivity contribution in [2.24, 2.45) is 0 Å². The molecule has 1 aromatic rings. The van der Waals surface area contributed by atoms with Crippen molar-refractivity contribution < 1.29 is 0 Å². The zero-order valence-electron chi connectivity index (χ0n) is 9.74. The summed E-state index contributed by atoms with van der Waals surface area (Å²) in [6, 6.07) is 2.14. The predicted octanol–water partition coefficient (Wildman–Crippen LogP) is 3.48. The number of hydrogen-bond acceptors (Lipinski definition) is 3. The Balaban J connectivity index is 2.16. The lowest BCUT2D eigenvalue weighted by molar-refractivity contribution is 0.718. The molecule has 1 aliphatic rings. The number of anilines is 1. The van der Waals surface area contributed by atoms with Gasteiger partial charge in [0.15, 0.2) is 0 Å². The summed E-state index contributed by atoms with van der Waals surface area (Å²) in [5, 5.41) is 0.753. The lowest BCUT2D eigenvalue weighted by Crippen LogP contribution is -2.38. The average molecular weight is 301 g/mol. The van der Waals surface area contributed by atoms with Gasteiger partial charge in [0.25, 0.3) is 0 Å². The number of nitrogens with zero attached hydrogens (tertiary/aromatic N) is 2. The van der Waals surface area contributed by atoms with E-state index in [1.807, 2.05) is 6.20 Å². The maximum Gasteiger partial charge on any atom is 0.142 e. The second kappa shape index (κ2) is 5.41. The van der Waals surface area contributed by atoms with Crippen LogP contribution in [0.4, 0.5) is 5.82 Å². The Kier molecular flexibility index (Phi) is 4.14. The van der Waals surface area contributed by atoms with E-state index >= 15 is 0 Å². The summed E-state index contributed by atoms with van der Waals surface area (Å²) in [5.41, 5.74) is 1.20. The zero-order valence-corrected chi connectivity index (χ0v) is 12.1. The number of aryl methyl sites for hydroxylation is 1. The summed E-state index contributed by atoms with van der Waals surface area (Å²) >= 11 is 5.70. The lowest BCUT2D eigenvalue weighted by atomic mass is 10.2. The fraction of sp³-hybridized carbons (Fsp3) is 0.583. The van der Waals surface area contributed by atoms with Gasteiger partial charge in [-0.25, -0.2) is 4.98 Å². The van der Waals surface area contributed by atoms with Crippen LogP contribution in [0.2, 0.25) is 0 Å². The van der Waals surface area contributed by atoms with Crippen LogP contribution >= 0.6 is 27.7 Å². The first-order valence-corrected chi connectivity index (χ1v) is 7.53. The third-order valence-corrected chi connectivity index (χ3v) is 4.81.